The van der Waals surface area contributed by atoms with Crippen LogP contribution in [0.4, 0.5) is 11.4 Å². The summed E-state index contributed by atoms with van der Waals surface area (Å²) in [7, 11) is 0. The van der Waals surface area contributed by atoms with Crippen molar-refractivity contribution in [1.82, 2.24) is 0 Å². The summed E-state index contributed by atoms with van der Waals surface area (Å²) in [6.07, 6.45) is 2.01. The van der Waals surface area contributed by atoms with E-state index >= 15 is 0 Å². The minimum Gasteiger partial charge on any atom is -0.480 e. The number of hydrogen-bond acceptors (Lipinski definition) is 5. The monoisotopic (exact) mass is 265 g/mol. The molecule has 1 aromatic rings. The Bertz CT molecular complexity index is 512. The number of nitro benzene ring substituents is 1. The van der Waals surface area contributed by atoms with Crippen molar-refractivity contribution < 1.29 is 14.8 Å². The number of aliphatic carboxylic acids is 1. The second-order valence-electron chi connectivity index (χ2n) is 4.52. The lowest BCUT2D eigenvalue weighted by Gasteiger charge is -2.18. The maximum absolute atomic E-state index is 11.1. The van der Waals surface area contributed by atoms with Crippen molar-refractivity contribution in [3.63, 3.8) is 0 Å². The fraction of sp³-hybridized carbons (Fsp3) is 0.417. The predicted octanol–water partition coefficient (Wildman–Crippen LogP) is 1.28. The van der Waals surface area contributed by atoms with Crippen LogP contribution in [0.2, 0.25) is 0 Å². The average molecular weight is 265 g/mol. The van der Waals surface area contributed by atoms with E-state index in [4.69, 9.17) is 10.8 Å². The number of nitrogens with two attached hydrogens (primary N) is 1. The Morgan fingerprint density at radius 1 is 1.42 bits per heavy atom. The van der Waals surface area contributed by atoms with E-state index in [9.17, 15) is 14.9 Å². The van der Waals surface area contributed by atoms with Crippen molar-refractivity contribution >= 4 is 17.3 Å². The van der Waals surface area contributed by atoms with Crippen LogP contribution < -0.4 is 10.6 Å². The van der Waals surface area contributed by atoms with Crippen LogP contribution in [0, 0.1) is 10.1 Å². The van der Waals surface area contributed by atoms with Gasteiger partial charge in [-0.25, -0.2) is 0 Å². The van der Waals surface area contributed by atoms with Crippen LogP contribution in [0.1, 0.15) is 24.4 Å². The van der Waals surface area contributed by atoms with Crippen LogP contribution in [0.3, 0.4) is 0 Å². The molecular formula is C12H15N3O4. The van der Waals surface area contributed by atoms with Crippen LogP contribution in [0.15, 0.2) is 18.2 Å². The minimum atomic E-state index is -1.24. The highest BCUT2D eigenvalue weighted by atomic mass is 16.6. The molecule has 0 aliphatic carbocycles. The fourth-order valence-corrected chi connectivity index (χ4v) is 2.25. The third kappa shape index (κ3) is 2.65. The summed E-state index contributed by atoms with van der Waals surface area (Å²) in [6, 6.07) is 3.14. The molecule has 1 saturated heterocycles. The first-order valence-corrected chi connectivity index (χ1v) is 6.02. The first kappa shape index (κ1) is 13.3. The summed E-state index contributed by atoms with van der Waals surface area (Å²) in [5, 5.41) is 20.0. The number of carboxylic acids is 1. The van der Waals surface area contributed by atoms with Gasteiger partial charge in [0.05, 0.1) is 4.92 Å². The van der Waals surface area contributed by atoms with Gasteiger partial charge >= 0.3 is 5.97 Å². The SMILES string of the molecule is N[C@H](C(=O)O)c1ccc(N2CCCC2)c([N+](=O)[O-])c1. The predicted molar refractivity (Wildman–Crippen MR) is 69.1 cm³/mol. The second-order valence-corrected chi connectivity index (χ2v) is 4.52. The second kappa shape index (κ2) is 5.23. The van der Waals surface area contributed by atoms with Gasteiger partial charge in [-0.05, 0) is 24.5 Å². The molecule has 3 N–H and O–H groups in total. The number of rotatable bonds is 4. The third-order valence-electron chi connectivity index (χ3n) is 3.27. The molecule has 1 aromatic carbocycles. The van der Waals surface area contributed by atoms with Crippen molar-refractivity contribution in [3.05, 3.63) is 33.9 Å². The van der Waals surface area contributed by atoms with Crippen LogP contribution in [0.25, 0.3) is 0 Å². The van der Waals surface area contributed by atoms with Gasteiger partial charge in [-0.2, -0.15) is 0 Å². The zero-order valence-corrected chi connectivity index (χ0v) is 10.3. The molecule has 0 aromatic heterocycles. The molecule has 19 heavy (non-hydrogen) atoms. The van der Waals surface area contributed by atoms with Crippen LogP contribution >= 0.6 is 0 Å². The molecule has 1 fully saturated rings. The summed E-state index contributed by atoms with van der Waals surface area (Å²) in [5.74, 6) is -1.21. The molecule has 0 bridgehead atoms. The lowest BCUT2D eigenvalue weighted by molar-refractivity contribution is -0.384. The molecule has 1 heterocycles. The number of nitro groups is 1. The number of anilines is 1. The first-order valence-electron chi connectivity index (χ1n) is 6.02. The lowest BCUT2D eigenvalue weighted by Crippen LogP contribution is -2.22. The number of carboxylic acid groups (broad SMARTS) is 1. The van der Waals surface area contributed by atoms with Gasteiger partial charge < -0.3 is 15.7 Å². The number of benzene rings is 1. The molecule has 1 aliphatic rings. The molecule has 7 heteroatoms. The highest BCUT2D eigenvalue weighted by molar-refractivity contribution is 5.77. The van der Waals surface area contributed by atoms with E-state index in [0.29, 0.717) is 5.69 Å². The summed E-state index contributed by atoms with van der Waals surface area (Å²) in [5.41, 5.74) is 6.16. The molecule has 1 aliphatic heterocycles. The van der Waals surface area contributed by atoms with Crippen molar-refractivity contribution in [2.24, 2.45) is 5.73 Å². The van der Waals surface area contributed by atoms with E-state index in [0.717, 1.165) is 25.9 Å². The Labute approximate surface area is 109 Å². The quantitative estimate of drug-likeness (QED) is 0.626. The third-order valence-corrected chi connectivity index (χ3v) is 3.27. The van der Waals surface area contributed by atoms with Gasteiger partial charge in [0.15, 0.2) is 0 Å². The fourth-order valence-electron chi connectivity index (χ4n) is 2.25. The molecule has 0 amide bonds. The van der Waals surface area contributed by atoms with E-state index in [1.54, 1.807) is 12.1 Å². The molecule has 0 radical (unpaired) electrons. The molecule has 102 valence electrons. The highest BCUT2D eigenvalue weighted by Gasteiger charge is 2.25. The van der Waals surface area contributed by atoms with Crippen molar-refractivity contribution in [2.75, 3.05) is 18.0 Å². The molecular weight excluding hydrogens is 250 g/mol. The van der Waals surface area contributed by atoms with Gasteiger partial charge in [0.1, 0.15) is 11.7 Å². The van der Waals surface area contributed by atoms with Gasteiger partial charge in [0.2, 0.25) is 0 Å². The minimum absolute atomic E-state index is 0.0869. The van der Waals surface area contributed by atoms with E-state index < -0.39 is 16.9 Å². The summed E-state index contributed by atoms with van der Waals surface area (Å²) >= 11 is 0. The van der Waals surface area contributed by atoms with Crippen molar-refractivity contribution in [1.29, 1.82) is 0 Å². The molecule has 0 unspecified atom stereocenters. The Morgan fingerprint density at radius 3 is 2.58 bits per heavy atom. The maximum Gasteiger partial charge on any atom is 0.325 e. The van der Waals surface area contributed by atoms with E-state index in [1.165, 1.54) is 6.07 Å². The van der Waals surface area contributed by atoms with Crippen LogP contribution in [0.5, 0.6) is 0 Å². The van der Waals surface area contributed by atoms with E-state index in [-0.39, 0.29) is 11.3 Å². The van der Waals surface area contributed by atoms with E-state index in [2.05, 4.69) is 0 Å². The van der Waals surface area contributed by atoms with Crippen molar-refractivity contribution in [3.8, 4) is 0 Å². The lowest BCUT2D eigenvalue weighted by atomic mass is 10.1. The van der Waals surface area contributed by atoms with Gasteiger partial charge in [-0.15, -0.1) is 0 Å². The van der Waals surface area contributed by atoms with Crippen LogP contribution in [-0.4, -0.2) is 29.1 Å². The molecule has 0 spiro atoms. The molecule has 1 atom stereocenters. The number of carbonyl (C=O) groups is 1. The Morgan fingerprint density at radius 2 is 2.05 bits per heavy atom. The van der Waals surface area contributed by atoms with Crippen LogP contribution in [-0.2, 0) is 4.79 Å². The summed E-state index contributed by atoms with van der Waals surface area (Å²) in [6.45, 7) is 1.57. The zero-order chi connectivity index (χ0) is 14.0. The van der Waals surface area contributed by atoms with Gasteiger partial charge in [-0.3, -0.25) is 14.9 Å². The highest BCUT2D eigenvalue weighted by Crippen LogP contribution is 2.32. The number of nitrogens with zero attached hydrogens (tertiary/aromatic N) is 2. The largest absolute Gasteiger partial charge is 0.480 e. The molecule has 7 nitrogen and oxygen atoms in total. The summed E-state index contributed by atoms with van der Waals surface area (Å²) < 4.78 is 0. The molecule has 2 rings (SSSR count). The van der Waals surface area contributed by atoms with Gasteiger partial charge in [0.25, 0.3) is 5.69 Å². The number of hydrogen-bond donors (Lipinski definition) is 2. The van der Waals surface area contributed by atoms with Gasteiger partial charge in [-0.1, -0.05) is 6.07 Å². The topological polar surface area (TPSA) is 110 Å². The zero-order valence-electron chi connectivity index (χ0n) is 10.3. The Kier molecular flexibility index (Phi) is 3.66. The Hall–Kier alpha value is -2.15. The average Bonchev–Trinajstić information content (AvgIpc) is 2.90. The standard InChI is InChI=1S/C12H15N3O4/c13-11(12(16)17)8-3-4-9(10(7-8)15(18)19)14-5-1-2-6-14/h3-4,7,11H,1-2,5-6,13H2,(H,16,17)/t11-/m0/s1. The summed E-state index contributed by atoms with van der Waals surface area (Å²) in [4.78, 5) is 23.4. The molecule has 0 saturated carbocycles. The van der Waals surface area contributed by atoms with E-state index in [1.807, 2.05) is 4.90 Å². The maximum atomic E-state index is 11.1. The first-order chi connectivity index (χ1) is 9.00. The van der Waals surface area contributed by atoms with Gasteiger partial charge in [0, 0.05) is 19.2 Å². The smallest absolute Gasteiger partial charge is 0.325 e. The Balaban J connectivity index is 2.40. The van der Waals surface area contributed by atoms with Crippen molar-refractivity contribution in [2.45, 2.75) is 18.9 Å². The normalized spacial score (nSPS) is 16.4.